The van der Waals surface area contributed by atoms with E-state index in [0.29, 0.717) is 22.4 Å². The van der Waals surface area contributed by atoms with Crippen molar-refractivity contribution in [2.24, 2.45) is 0 Å². The fourth-order valence-electron chi connectivity index (χ4n) is 5.38. The van der Waals surface area contributed by atoms with Gasteiger partial charge in [-0.3, -0.25) is 0 Å². The zero-order valence-corrected chi connectivity index (χ0v) is 22.7. The van der Waals surface area contributed by atoms with Crippen molar-refractivity contribution >= 4 is 10.9 Å². The predicted octanol–water partition coefficient (Wildman–Crippen LogP) is 6.74. The fourth-order valence-corrected chi connectivity index (χ4v) is 5.38. The van der Waals surface area contributed by atoms with Gasteiger partial charge in [0.05, 0.1) is 11.2 Å². The van der Waals surface area contributed by atoms with E-state index >= 15 is 0 Å². The summed E-state index contributed by atoms with van der Waals surface area (Å²) in [7, 11) is 0. The maximum Gasteiger partial charge on any atom is 0.159 e. The molecule has 1 atom stereocenters. The molecule has 0 aliphatic carbocycles. The molecule has 0 bridgehead atoms. The minimum atomic E-state index is -0.922. The Labute approximate surface area is 241 Å². The molecule has 212 valence electrons. The molecule has 3 heterocycles. The molecule has 8 heteroatoms. The van der Waals surface area contributed by atoms with E-state index in [0.717, 1.165) is 72.2 Å². The van der Waals surface area contributed by atoms with Crippen molar-refractivity contribution < 1.29 is 22.6 Å². The van der Waals surface area contributed by atoms with Crippen molar-refractivity contribution in [2.45, 2.75) is 18.6 Å². The molecule has 0 saturated carbocycles. The lowest BCUT2D eigenvalue weighted by atomic mass is 9.98. The maximum atomic E-state index is 14.2. The first-order valence-electron chi connectivity index (χ1n) is 14.1. The number of nitrogens with one attached hydrogen (secondary N) is 2. The number of halogens is 3. The largest absolute Gasteiger partial charge is 0.488 e. The third kappa shape index (κ3) is 5.31. The molecule has 7 rings (SSSR count). The van der Waals surface area contributed by atoms with Crippen molar-refractivity contribution in [1.29, 1.82) is 0 Å². The van der Waals surface area contributed by atoms with Crippen molar-refractivity contribution in [2.75, 3.05) is 26.2 Å². The zero-order valence-electron chi connectivity index (χ0n) is 22.7. The van der Waals surface area contributed by atoms with Crippen LogP contribution in [0.3, 0.4) is 0 Å². The molecule has 0 spiro atoms. The second-order valence-corrected chi connectivity index (χ2v) is 10.7. The van der Waals surface area contributed by atoms with E-state index in [1.165, 1.54) is 18.2 Å². The molecule has 1 aromatic heterocycles. The average Bonchev–Trinajstić information content (AvgIpc) is 3.50. The van der Waals surface area contributed by atoms with Crippen molar-refractivity contribution in [3.8, 4) is 45.0 Å². The Morgan fingerprint density at radius 1 is 0.619 bits per heavy atom. The number of nitrogens with zero attached hydrogens (tertiary/aromatic N) is 1. The SMILES string of the molecule is Fc1ccc(-c2cc(-c3ccc4cc(OC5CNC5)c(-c5ccc(F)c(F)c5)cc4n3)ccc2O[C@H]2CCNC2)cc1. The van der Waals surface area contributed by atoms with Crippen LogP contribution in [0.4, 0.5) is 13.2 Å². The molecule has 2 aliphatic rings. The summed E-state index contributed by atoms with van der Waals surface area (Å²) in [5.74, 6) is -0.806. The number of hydrogen-bond acceptors (Lipinski definition) is 5. The first-order chi connectivity index (χ1) is 20.5. The summed E-state index contributed by atoms with van der Waals surface area (Å²) in [5.41, 5.74) is 5.11. The maximum absolute atomic E-state index is 14.2. The van der Waals surface area contributed by atoms with Crippen molar-refractivity contribution in [3.63, 3.8) is 0 Å². The monoisotopic (exact) mass is 567 g/mol. The molecule has 5 nitrogen and oxygen atoms in total. The molecular weight excluding hydrogens is 539 g/mol. The van der Waals surface area contributed by atoms with Crippen molar-refractivity contribution in [3.05, 3.63) is 102 Å². The Kier molecular flexibility index (Phi) is 7.01. The standard InChI is InChI=1S/C34H28F3N3O2/c35-24-6-1-20(2-7-24)27-13-22(5-10-33(27)41-25-11-12-38-17-25)31-9-4-23-15-34(42-26-18-39-19-26)28(16-32(23)40-31)21-3-8-29(36)30(37)14-21/h1-10,13-16,25-26,38-39H,11-12,17-19H2/t25-/m0/s1. The molecule has 42 heavy (non-hydrogen) atoms. The second-order valence-electron chi connectivity index (χ2n) is 10.7. The van der Waals surface area contributed by atoms with Gasteiger partial charge in [-0.05, 0) is 84.8 Å². The van der Waals surface area contributed by atoms with Crippen LogP contribution in [-0.4, -0.2) is 43.4 Å². The van der Waals surface area contributed by atoms with Gasteiger partial charge in [0.25, 0.3) is 0 Å². The summed E-state index contributed by atoms with van der Waals surface area (Å²) >= 11 is 0. The van der Waals surface area contributed by atoms with Crippen LogP contribution < -0.4 is 20.1 Å². The normalized spacial score (nSPS) is 16.9. The highest BCUT2D eigenvalue weighted by Crippen LogP contribution is 2.38. The first-order valence-corrected chi connectivity index (χ1v) is 14.1. The van der Waals surface area contributed by atoms with Crippen LogP contribution in [0, 0.1) is 17.5 Å². The first kappa shape index (κ1) is 26.5. The Morgan fingerprint density at radius 2 is 1.36 bits per heavy atom. The topological polar surface area (TPSA) is 55.4 Å². The van der Waals surface area contributed by atoms with E-state index in [4.69, 9.17) is 14.5 Å². The fraction of sp³-hybridized carbons (Fsp3) is 0.206. The van der Waals surface area contributed by atoms with Crippen molar-refractivity contribution in [1.82, 2.24) is 15.6 Å². The third-order valence-corrected chi connectivity index (χ3v) is 7.80. The molecule has 0 unspecified atom stereocenters. The number of rotatable bonds is 7. The van der Waals surface area contributed by atoms with E-state index in [1.54, 1.807) is 18.2 Å². The Bertz CT molecular complexity index is 1770. The summed E-state index contributed by atoms with van der Waals surface area (Å²) in [6.45, 7) is 3.13. The van der Waals surface area contributed by atoms with Gasteiger partial charge >= 0.3 is 0 Å². The molecule has 2 N–H and O–H groups in total. The van der Waals surface area contributed by atoms with Crippen LogP contribution >= 0.6 is 0 Å². The summed E-state index contributed by atoms with van der Waals surface area (Å²) < 4.78 is 54.3. The van der Waals surface area contributed by atoms with E-state index in [2.05, 4.69) is 10.6 Å². The van der Waals surface area contributed by atoms with Crippen LogP contribution in [0.2, 0.25) is 0 Å². The summed E-state index contributed by atoms with van der Waals surface area (Å²) in [4.78, 5) is 4.96. The molecule has 2 aliphatic heterocycles. The van der Waals surface area contributed by atoms with Gasteiger partial charge in [-0.25, -0.2) is 18.2 Å². The van der Waals surface area contributed by atoms with Gasteiger partial charge in [0.2, 0.25) is 0 Å². The minimum Gasteiger partial charge on any atom is -0.488 e. The number of hydrogen-bond donors (Lipinski definition) is 2. The number of benzene rings is 4. The number of aromatic nitrogens is 1. The van der Waals surface area contributed by atoms with E-state index < -0.39 is 11.6 Å². The number of ether oxygens (including phenoxy) is 2. The van der Waals surface area contributed by atoms with Gasteiger partial charge in [-0.1, -0.05) is 24.3 Å². The molecule has 2 saturated heterocycles. The Morgan fingerprint density at radius 3 is 2.10 bits per heavy atom. The lowest BCUT2D eigenvalue weighted by Crippen LogP contribution is -2.50. The van der Waals surface area contributed by atoms with Crippen LogP contribution in [0.1, 0.15) is 6.42 Å². The van der Waals surface area contributed by atoms with E-state index in [-0.39, 0.29) is 18.0 Å². The number of fused-ring (bicyclic) bond motifs is 1. The van der Waals surface area contributed by atoms with Gasteiger partial charge in [0, 0.05) is 41.7 Å². The van der Waals surface area contributed by atoms with Gasteiger partial charge in [0.15, 0.2) is 11.6 Å². The van der Waals surface area contributed by atoms with E-state index in [9.17, 15) is 13.2 Å². The van der Waals surface area contributed by atoms with Gasteiger partial charge < -0.3 is 20.1 Å². The lowest BCUT2D eigenvalue weighted by molar-refractivity contribution is 0.143. The molecular formula is C34H28F3N3O2. The zero-order chi connectivity index (χ0) is 28.6. The van der Waals surface area contributed by atoms with Gasteiger partial charge in [0.1, 0.15) is 29.5 Å². The highest BCUT2D eigenvalue weighted by atomic mass is 19.2. The average molecular weight is 568 g/mol. The quantitative estimate of drug-likeness (QED) is 0.228. The number of pyridine rings is 1. The van der Waals surface area contributed by atoms with Gasteiger partial charge in [-0.2, -0.15) is 0 Å². The summed E-state index contributed by atoms with van der Waals surface area (Å²) in [6.07, 6.45) is 0.986. The van der Waals surface area contributed by atoms with E-state index in [1.807, 2.05) is 42.5 Å². The third-order valence-electron chi connectivity index (χ3n) is 7.80. The highest BCUT2D eigenvalue weighted by Gasteiger charge is 2.22. The van der Waals surface area contributed by atoms with Gasteiger partial charge in [-0.15, -0.1) is 0 Å². The molecule has 2 fully saturated rings. The van der Waals surface area contributed by atoms with Crippen LogP contribution in [0.15, 0.2) is 84.9 Å². The van der Waals surface area contributed by atoms with Crippen LogP contribution in [-0.2, 0) is 0 Å². The smallest absolute Gasteiger partial charge is 0.159 e. The Hall–Kier alpha value is -4.40. The summed E-state index contributed by atoms with van der Waals surface area (Å²) in [5, 5.41) is 7.37. The lowest BCUT2D eigenvalue weighted by Gasteiger charge is -2.29. The summed E-state index contributed by atoms with van der Waals surface area (Å²) in [6, 6.07) is 23.8. The molecule has 0 amide bonds. The molecule has 0 radical (unpaired) electrons. The minimum absolute atomic E-state index is 0.00404. The molecule has 5 aromatic rings. The van der Waals surface area contributed by atoms with Crippen LogP contribution in [0.5, 0.6) is 11.5 Å². The highest BCUT2D eigenvalue weighted by molar-refractivity contribution is 5.90. The van der Waals surface area contributed by atoms with Crippen LogP contribution in [0.25, 0.3) is 44.4 Å². The second kappa shape index (κ2) is 11.1. The molecule has 4 aromatic carbocycles. The predicted molar refractivity (Wildman–Crippen MR) is 157 cm³/mol. The Balaban J connectivity index is 1.31.